The number of benzene rings is 1. The molecule has 4 rings (SSSR count). The minimum Gasteiger partial charge on any atom is -0.493 e. The van der Waals surface area contributed by atoms with Gasteiger partial charge in [0.2, 0.25) is 0 Å². The number of nitrogens with two attached hydrogens (primary N) is 1. The predicted octanol–water partition coefficient (Wildman–Crippen LogP) is 2.25. The van der Waals surface area contributed by atoms with Gasteiger partial charge >= 0.3 is 0 Å². The molecule has 2 N–H and O–H groups in total. The van der Waals surface area contributed by atoms with Crippen molar-refractivity contribution in [1.29, 1.82) is 0 Å². The molecule has 3 atom stereocenters. The van der Waals surface area contributed by atoms with E-state index in [2.05, 4.69) is 23.1 Å². The quantitative estimate of drug-likeness (QED) is 0.931. The van der Waals surface area contributed by atoms with E-state index in [-0.39, 0.29) is 12.4 Å². The maximum absolute atomic E-state index is 6.21. The van der Waals surface area contributed by atoms with Crippen LogP contribution in [0.5, 0.6) is 5.75 Å². The van der Waals surface area contributed by atoms with Crippen LogP contribution in [0.3, 0.4) is 0 Å². The average Bonchev–Trinajstić information content (AvgIpc) is 3.14. The highest BCUT2D eigenvalue weighted by Crippen LogP contribution is 2.37. The standard InChI is InChI=1S/C17H24N2O.ClH/c18-16-3-2-14-10-19(11-15(14)16)7-5-12-1-4-17-13(9-12)6-8-20-17;/h1,4,9,14-16H,2-3,5-8,10-11,18H2;1H. The second-order valence-corrected chi connectivity index (χ2v) is 6.72. The van der Waals surface area contributed by atoms with Crippen LogP contribution in [0.4, 0.5) is 0 Å². The van der Waals surface area contributed by atoms with Gasteiger partial charge in [0, 0.05) is 32.1 Å². The third-order valence-corrected chi connectivity index (χ3v) is 5.46. The normalized spacial score (nSPS) is 30.6. The topological polar surface area (TPSA) is 38.5 Å². The molecule has 1 aromatic rings. The smallest absolute Gasteiger partial charge is 0.122 e. The molecule has 0 radical (unpaired) electrons. The molecule has 1 saturated heterocycles. The molecular formula is C17H25ClN2O. The van der Waals surface area contributed by atoms with Crippen molar-refractivity contribution in [2.75, 3.05) is 26.2 Å². The number of likely N-dealkylation sites (tertiary alicyclic amines) is 1. The van der Waals surface area contributed by atoms with Crippen LogP contribution in [0.25, 0.3) is 0 Å². The molecule has 0 amide bonds. The van der Waals surface area contributed by atoms with Gasteiger partial charge in [-0.25, -0.2) is 0 Å². The fourth-order valence-corrected chi connectivity index (χ4v) is 4.26. The number of fused-ring (bicyclic) bond motifs is 2. The van der Waals surface area contributed by atoms with Crippen LogP contribution in [0.2, 0.25) is 0 Å². The number of ether oxygens (including phenoxy) is 1. The first-order chi connectivity index (χ1) is 9.79. The van der Waals surface area contributed by atoms with Gasteiger partial charge in [0.25, 0.3) is 0 Å². The van der Waals surface area contributed by atoms with Crippen LogP contribution in [0.1, 0.15) is 24.0 Å². The minimum atomic E-state index is 0. The van der Waals surface area contributed by atoms with Gasteiger partial charge < -0.3 is 15.4 Å². The Kier molecular flexibility index (Phi) is 4.43. The Labute approximate surface area is 133 Å². The van der Waals surface area contributed by atoms with Gasteiger partial charge in [-0.2, -0.15) is 0 Å². The van der Waals surface area contributed by atoms with Gasteiger partial charge in [0.05, 0.1) is 6.61 Å². The maximum atomic E-state index is 6.21. The molecule has 0 bridgehead atoms. The molecule has 3 aliphatic rings. The molecule has 3 nitrogen and oxygen atoms in total. The van der Waals surface area contributed by atoms with Crippen molar-refractivity contribution < 1.29 is 4.74 Å². The van der Waals surface area contributed by atoms with Crippen molar-refractivity contribution in [3.8, 4) is 5.75 Å². The zero-order valence-corrected chi connectivity index (χ0v) is 13.3. The first-order valence-corrected chi connectivity index (χ1v) is 8.02. The Morgan fingerprint density at radius 3 is 3.00 bits per heavy atom. The van der Waals surface area contributed by atoms with Crippen molar-refractivity contribution in [3.05, 3.63) is 29.3 Å². The third kappa shape index (κ3) is 2.92. The Hall–Kier alpha value is -0.770. The Balaban J connectivity index is 0.00000132. The molecule has 2 fully saturated rings. The van der Waals surface area contributed by atoms with Crippen molar-refractivity contribution in [2.24, 2.45) is 17.6 Å². The SMILES string of the molecule is Cl.NC1CCC2CN(CCc3ccc4c(c3)CCO4)CC12. The van der Waals surface area contributed by atoms with Crippen LogP contribution in [-0.2, 0) is 12.8 Å². The van der Waals surface area contributed by atoms with E-state index in [1.54, 1.807) is 0 Å². The molecule has 0 spiro atoms. The Bertz CT molecular complexity index is 508. The van der Waals surface area contributed by atoms with Crippen LogP contribution in [0.15, 0.2) is 18.2 Å². The van der Waals surface area contributed by atoms with Crippen LogP contribution < -0.4 is 10.5 Å². The molecule has 1 aliphatic carbocycles. The number of halogens is 1. The van der Waals surface area contributed by atoms with Crippen LogP contribution in [0, 0.1) is 11.8 Å². The molecule has 1 saturated carbocycles. The van der Waals surface area contributed by atoms with Gasteiger partial charge in [-0.1, -0.05) is 12.1 Å². The fraction of sp³-hybridized carbons (Fsp3) is 0.647. The number of hydrogen-bond acceptors (Lipinski definition) is 3. The highest BCUT2D eigenvalue weighted by atomic mass is 35.5. The zero-order chi connectivity index (χ0) is 13.5. The van der Waals surface area contributed by atoms with Crippen LogP contribution >= 0.6 is 12.4 Å². The van der Waals surface area contributed by atoms with E-state index in [0.29, 0.717) is 6.04 Å². The zero-order valence-electron chi connectivity index (χ0n) is 12.5. The Morgan fingerprint density at radius 2 is 2.14 bits per heavy atom. The molecule has 0 aromatic heterocycles. The molecule has 3 unspecified atom stereocenters. The second-order valence-electron chi connectivity index (χ2n) is 6.72. The van der Waals surface area contributed by atoms with Crippen molar-refractivity contribution in [1.82, 2.24) is 4.90 Å². The fourth-order valence-electron chi connectivity index (χ4n) is 4.26. The monoisotopic (exact) mass is 308 g/mol. The third-order valence-electron chi connectivity index (χ3n) is 5.46. The molecule has 2 aliphatic heterocycles. The Morgan fingerprint density at radius 1 is 1.24 bits per heavy atom. The van der Waals surface area contributed by atoms with Crippen molar-refractivity contribution in [3.63, 3.8) is 0 Å². The summed E-state index contributed by atoms with van der Waals surface area (Å²) < 4.78 is 5.57. The van der Waals surface area contributed by atoms with Gasteiger partial charge in [-0.05, 0) is 48.3 Å². The molecule has 116 valence electrons. The second kappa shape index (κ2) is 6.15. The highest BCUT2D eigenvalue weighted by Gasteiger charge is 2.40. The van der Waals surface area contributed by atoms with E-state index in [1.165, 1.54) is 43.6 Å². The summed E-state index contributed by atoms with van der Waals surface area (Å²) in [4.78, 5) is 2.62. The summed E-state index contributed by atoms with van der Waals surface area (Å²) in [6, 6.07) is 7.17. The summed E-state index contributed by atoms with van der Waals surface area (Å²) in [5, 5.41) is 0. The first-order valence-electron chi connectivity index (χ1n) is 8.02. The lowest BCUT2D eigenvalue weighted by molar-refractivity contribution is 0.309. The summed E-state index contributed by atoms with van der Waals surface area (Å²) in [5.41, 5.74) is 9.06. The summed E-state index contributed by atoms with van der Waals surface area (Å²) in [7, 11) is 0. The lowest BCUT2D eigenvalue weighted by atomic mass is 9.98. The van der Waals surface area contributed by atoms with E-state index in [9.17, 15) is 0 Å². The number of hydrogen-bond donors (Lipinski definition) is 1. The summed E-state index contributed by atoms with van der Waals surface area (Å²) in [6.07, 6.45) is 4.82. The van der Waals surface area contributed by atoms with E-state index < -0.39 is 0 Å². The minimum absolute atomic E-state index is 0. The summed E-state index contributed by atoms with van der Waals surface area (Å²) in [6.45, 7) is 4.53. The van der Waals surface area contributed by atoms with E-state index in [4.69, 9.17) is 10.5 Å². The lowest BCUT2D eigenvalue weighted by Crippen LogP contribution is -2.31. The van der Waals surface area contributed by atoms with Gasteiger partial charge in [-0.15, -0.1) is 12.4 Å². The van der Waals surface area contributed by atoms with E-state index >= 15 is 0 Å². The average molecular weight is 309 g/mol. The van der Waals surface area contributed by atoms with Gasteiger partial charge in [0.15, 0.2) is 0 Å². The number of rotatable bonds is 3. The molecule has 21 heavy (non-hydrogen) atoms. The van der Waals surface area contributed by atoms with Crippen molar-refractivity contribution in [2.45, 2.75) is 31.7 Å². The predicted molar refractivity (Wildman–Crippen MR) is 87.2 cm³/mol. The highest BCUT2D eigenvalue weighted by molar-refractivity contribution is 5.85. The first kappa shape index (κ1) is 15.1. The van der Waals surface area contributed by atoms with Crippen molar-refractivity contribution >= 4 is 12.4 Å². The van der Waals surface area contributed by atoms with Gasteiger partial charge in [0.1, 0.15) is 5.75 Å². The maximum Gasteiger partial charge on any atom is 0.122 e. The van der Waals surface area contributed by atoms with Crippen LogP contribution in [-0.4, -0.2) is 37.2 Å². The lowest BCUT2D eigenvalue weighted by Gasteiger charge is -2.18. The largest absolute Gasteiger partial charge is 0.493 e. The number of nitrogens with zero attached hydrogens (tertiary/aromatic N) is 1. The van der Waals surface area contributed by atoms with E-state index in [0.717, 1.165) is 37.0 Å². The summed E-state index contributed by atoms with van der Waals surface area (Å²) in [5.74, 6) is 2.73. The molecular weight excluding hydrogens is 284 g/mol. The van der Waals surface area contributed by atoms with E-state index in [1.807, 2.05) is 0 Å². The van der Waals surface area contributed by atoms with Gasteiger partial charge in [-0.3, -0.25) is 0 Å². The molecule has 2 heterocycles. The summed E-state index contributed by atoms with van der Waals surface area (Å²) >= 11 is 0. The molecule has 4 heteroatoms. The molecule has 1 aromatic carbocycles.